The van der Waals surface area contributed by atoms with Gasteiger partial charge in [0.2, 0.25) is 0 Å². The van der Waals surface area contributed by atoms with Crippen LogP contribution in [0.1, 0.15) is 66.0 Å². The van der Waals surface area contributed by atoms with Crippen LogP contribution in [0.3, 0.4) is 0 Å². The number of urea groups is 1. The molecule has 0 saturated carbocycles. The Bertz CT molecular complexity index is 2300. The first-order valence-corrected chi connectivity index (χ1v) is 20.1. The van der Waals surface area contributed by atoms with Crippen LogP contribution in [0, 0.1) is 0 Å². The van der Waals surface area contributed by atoms with E-state index in [2.05, 4.69) is 20.9 Å². The first-order valence-electron chi connectivity index (χ1n) is 18.6. The largest absolute Gasteiger partial charge is 0.435 e. The lowest BCUT2D eigenvalue weighted by atomic mass is 9.86. The number of hydrogen-bond donors (Lipinski definition) is 2. The van der Waals surface area contributed by atoms with Gasteiger partial charge in [0.25, 0.3) is 11.2 Å². The van der Waals surface area contributed by atoms with Crippen molar-refractivity contribution in [3.8, 4) is 0 Å². The number of amides is 2. The van der Waals surface area contributed by atoms with Crippen LogP contribution in [0.4, 0.5) is 42.5 Å². The van der Waals surface area contributed by atoms with E-state index in [0.29, 0.717) is 30.6 Å². The van der Waals surface area contributed by atoms with E-state index in [-0.39, 0.29) is 48.7 Å². The summed E-state index contributed by atoms with van der Waals surface area (Å²) in [7, 11) is 0. The van der Waals surface area contributed by atoms with Gasteiger partial charge in [0.15, 0.2) is 0 Å². The summed E-state index contributed by atoms with van der Waals surface area (Å²) in [5.41, 5.74) is -0.416. The van der Waals surface area contributed by atoms with E-state index in [4.69, 9.17) is 56.1 Å². The SMILES string of the molecule is CCNC(=O)N1CCCc2cc(C3=NOC(c4cc(Cl)cc(Cl)c4)(C(F)(F)F)C3)ccc21.FC(F)(F)C1(c2cc(Cl)cc(Cl)c2)CC(c2ccc3c(c2)CCCN3)=NO1. The van der Waals surface area contributed by atoms with E-state index in [1.807, 2.05) is 19.1 Å². The molecule has 0 saturated heterocycles. The second-order valence-corrected chi connectivity index (χ2v) is 16.2. The van der Waals surface area contributed by atoms with E-state index >= 15 is 0 Å². The lowest BCUT2D eigenvalue weighted by molar-refractivity contribution is -0.276. The lowest BCUT2D eigenvalue weighted by Gasteiger charge is -2.30. The quantitative estimate of drug-likeness (QED) is 0.195. The van der Waals surface area contributed by atoms with E-state index in [1.165, 1.54) is 36.4 Å². The van der Waals surface area contributed by atoms with Gasteiger partial charge in [-0.15, -0.1) is 0 Å². The molecule has 4 heterocycles. The van der Waals surface area contributed by atoms with E-state index < -0.39 is 36.4 Å². The highest BCUT2D eigenvalue weighted by molar-refractivity contribution is 6.35. The van der Waals surface area contributed by atoms with Gasteiger partial charge in [-0.1, -0.05) is 68.8 Å². The number of carbonyl (C=O) groups is 1. The van der Waals surface area contributed by atoms with Crippen LogP contribution >= 0.6 is 46.4 Å². The number of carbonyl (C=O) groups excluding carboxylic acids is 1. The number of halogens is 10. The second-order valence-electron chi connectivity index (χ2n) is 14.4. The van der Waals surface area contributed by atoms with Gasteiger partial charge in [-0.25, -0.2) is 4.79 Å². The highest BCUT2D eigenvalue weighted by atomic mass is 35.5. The molecule has 2 atom stereocenters. The number of alkyl halides is 6. The Kier molecular flexibility index (Phi) is 12.0. The Balaban J connectivity index is 0.000000181. The molecule has 59 heavy (non-hydrogen) atoms. The van der Waals surface area contributed by atoms with E-state index in [1.54, 1.807) is 29.2 Å². The summed E-state index contributed by atoms with van der Waals surface area (Å²) in [6, 6.07) is 18.0. The number of aryl methyl sites for hydroxylation is 2. The summed E-state index contributed by atoms with van der Waals surface area (Å²) in [5, 5.41) is 14.0. The van der Waals surface area contributed by atoms with Crippen LogP contribution in [0.15, 0.2) is 83.1 Å². The Labute approximate surface area is 355 Å². The first kappa shape index (κ1) is 42.7. The number of nitrogens with one attached hydrogen (secondary N) is 2. The molecule has 18 heteroatoms. The normalized spacial score (nSPS) is 21.1. The minimum Gasteiger partial charge on any atom is -0.385 e. The predicted octanol–water partition coefficient (Wildman–Crippen LogP) is 12.0. The summed E-state index contributed by atoms with van der Waals surface area (Å²) in [6.45, 7) is 3.81. The highest BCUT2D eigenvalue weighted by Gasteiger charge is 2.63. The van der Waals surface area contributed by atoms with Crippen LogP contribution in [-0.4, -0.2) is 49.4 Å². The number of oxime groups is 2. The Morgan fingerprint density at radius 2 is 1.22 bits per heavy atom. The van der Waals surface area contributed by atoms with Gasteiger partial charge in [0, 0.05) is 75.1 Å². The summed E-state index contributed by atoms with van der Waals surface area (Å²) < 4.78 is 84.7. The average Bonchev–Trinajstić information content (AvgIpc) is 3.85. The maximum Gasteiger partial charge on any atom is 0.435 e. The summed E-state index contributed by atoms with van der Waals surface area (Å²) in [5.74, 6) is 0. The van der Waals surface area contributed by atoms with Crippen LogP contribution in [0.25, 0.3) is 0 Å². The molecule has 2 unspecified atom stereocenters. The van der Waals surface area contributed by atoms with Crippen molar-refractivity contribution in [3.05, 3.63) is 126 Å². The van der Waals surface area contributed by atoms with Crippen LogP contribution in [-0.2, 0) is 33.7 Å². The summed E-state index contributed by atoms with van der Waals surface area (Å²) in [6.07, 6.45) is -7.10. The maximum atomic E-state index is 14.2. The zero-order valence-electron chi connectivity index (χ0n) is 31.1. The van der Waals surface area contributed by atoms with Gasteiger partial charge in [-0.05, 0) is 116 Å². The van der Waals surface area contributed by atoms with Gasteiger partial charge in [-0.2, -0.15) is 26.3 Å². The third kappa shape index (κ3) is 8.51. The van der Waals surface area contributed by atoms with Crippen molar-refractivity contribution in [1.82, 2.24) is 5.32 Å². The van der Waals surface area contributed by atoms with E-state index in [9.17, 15) is 31.1 Å². The first-order chi connectivity index (χ1) is 27.9. The smallest absolute Gasteiger partial charge is 0.385 e. The standard InChI is InChI=1S/C22H20Cl2F3N3O2.C19H15Cl2F3N2O/c1-2-28-20(31)30-7-3-4-14-8-13(5-6-19(14)30)18-12-21(32-29-18,22(25,26)27)15-9-16(23)11-17(24)10-15;20-14-7-13(8-15(21)9-14)18(19(22,23)24)10-17(26-27-18)12-3-4-16-11(6-12)2-1-5-25-16/h5-6,8-11H,2-4,7,12H2,1H3,(H,28,31);3-4,6-9,25H,1-2,5,10H2. The fourth-order valence-corrected chi connectivity index (χ4v) is 8.63. The third-order valence-electron chi connectivity index (χ3n) is 10.5. The van der Waals surface area contributed by atoms with E-state index in [0.717, 1.165) is 48.3 Å². The van der Waals surface area contributed by atoms with Crippen molar-refractivity contribution >= 4 is 75.2 Å². The van der Waals surface area contributed by atoms with Crippen molar-refractivity contribution in [2.75, 3.05) is 29.9 Å². The van der Waals surface area contributed by atoms with Gasteiger partial charge in [-0.3, -0.25) is 4.90 Å². The average molecular weight is 902 g/mol. The molecule has 4 aromatic carbocycles. The molecule has 2 amide bonds. The molecule has 312 valence electrons. The Hall–Kier alpha value is -4.37. The molecule has 0 aliphatic carbocycles. The van der Waals surface area contributed by atoms with Gasteiger partial charge < -0.3 is 20.3 Å². The third-order valence-corrected chi connectivity index (χ3v) is 11.4. The molecule has 0 bridgehead atoms. The molecule has 0 aromatic heterocycles. The van der Waals surface area contributed by atoms with Crippen LogP contribution in [0.2, 0.25) is 20.1 Å². The van der Waals surface area contributed by atoms with Crippen LogP contribution < -0.4 is 15.5 Å². The summed E-state index contributed by atoms with van der Waals surface area (Å²) >= 11 is 23.7. The minimum atomic E-state index is -4.75. The molecular weight excluding hydrogens is 866 g/mol. The molecule has 4 aromatic rings. The highest BCUT2D eigenvalue weighted by Crippen LogP contribution is 2.51. The van der Waals surface area contributed by atoms with Crippen molar-refractivity contribution < 1.29 is 40.8 Å². The predicted molar refractivity (Wildman–Crippen MR) is 217 cm³/mol. The number of anilines is 2. The van der Waals surface area contributed by atoms with Gasteiger partial charge >= 0.3 is 18.4 Å². The molecule has 4 aliphatic heterocycles. The van der Waals surface area contributed by atoms with Crippen molar-refractivity contribution in [2.24, 2.45) is 10.3 Å². The molecule has 0 radical (unpaired) electrons. The molecule has 4 aliphatic rings. The molecule has 0 spiro atoms. The Morgan fingerprint density at radius 1 is 0.729 bits per heavy atom. The molecule has 8 rings (SSSR count). The number of hydrogen-bond acceptors (Lipinski definition) is 6. The summed E-state index contributed by atoms with van der Waals surface area (Å²) in [4.78, 5) is 24.1. The van der Waals surface area contributed by atoms with Gasteiger partial charge in [0.05, 0.1) is 11.4 Å². The fourth-order valence-electron chi connectivity index (χ4n) is 7.58. The number of fused-ring (bicyclic) bond motifs is 2. The molecule has 8 nitrogen and oxygen atoms in total. The topological polar surface area (TPSA) is 87.6 Å². The number of nitrogens with zero attached hydrogens (tertiary/aromatic N) is 3. The maximum absolute atomic E-state index is 14.2. The Morgan fingerprint density at radius 3 is 1.73 bits per heavy atom. The molecule has 0 fully saturated rings. The lowest BCUT2D eigenvalue weighted by Crippen LogP contribution is -2.43. The second kappa shape index (κ2) is 16.6. The zero-order chi connectivity index (χ0) is 42.3. The van der Waals surface area contributed by atoms with Gasteiger partial charge in [0.1, 0.15) is 0 Å². The molecular formula is C41H35Cl4F6N5O3. The minimum absolute atomic E-state index is 0.0763. The molecule has 2 N–H and O–H groups in total. The zero-order valence-corrected chi connectivity index (χ0v) is 34.2. The number of rotatable bonds is 5. The van der Waals surface area contributed by atoms with Crippen molar-refractivity contribution in [1.29, 1.82) is 0 Å². The van der Waals surface area contributed by atoms with Crippen LogP contribution in [0.5, 0.6) is 0 Å². The van der Waals surface area contributed by atoms with Crippen molar-refractivity contribution in [3.63, 3.8) is 0 Å². The van der Waals surface area contributed by atoms with Crippen molar-refractivity contribution in [2.45, 2.75) is 69.0 Å². The fraction of sp³-hybridized carbons (Fsp3) is 0.341. The number of benzene rings is 4. The monoisotopic (exact) mass is 899 g/mol.